The molecule has 0 bridgehead atoms. The minimum absolute atomic E-state index is 0.0322. The highest BCUT2D eigenvalue weighted by Crippen LogP contribution is 2.28. The van der Waals surface area contributed by atoms with Gasteiger partial charge in [-0.15, -0.1) is 0 Å². The first kappa shape index (κ1) is 19.6. The van der Waals surface area contributed by atoms with Crippen molar-refractivity contribution in [2.75, 3.05) is 0 Å². The van der Waals surface area contributed by atoms with Crippen molar-refractivity contribution in [3.05, 3.63) is 46.0 Å². The van der Waals surface area contributed by atoms with Crippen LogP contribution in [0.15, 0.2) is 29.2 Å². The van der Waals surface area contributed by atoms with E-state index in [0.29, 0.717) is 23.4 Å². The van der Waals surface area contributed by atoms with Crippen LogP contribution in [0.2, 0.25) is 0 Å². The van der Waals surface area contributed by atoms with Gasteiger partial charge in [0.25, 0.3) is 11.5 Å². The first-order valence-corrected chi connectivity index (χ1v) is 9.71. The van der Waals surface area contributed by atoms with Crippen molar-refractivity contribution in [2.24, 2.45) is 5.41 Å². The Balaban J connectivity index is 1.98. The van der Waals surface area contributed by atoms with Gasteiger partial charge in [0.15, 0.2) is 5.56 Å². The lowest BCUT2D eigenvalue weighted by Gasteiger charge is -2.23. The number of aromatic hydroxyl groups is 1. The maximum Gasteiger partial charge on any atom is 0.291 e. The van der Waals surface area contributed by atoms with Gasteiger partial charge in [-0.2, -0.15) is 14.9 Å². The highest BCUT2D eigenvalue weighted by molar-refractivity contribution is 5.96. The molecule has 0 radical (unpaired) electrons. The van der Waals surface area contributed by atoms with Gasteiger partial charge in [-0.25, -0.2) is 4.98 Å². The molecule has 0 spiro atoms. The van der Waals surface area contributed by atoms with E-state index in [1.165, 1.54) is 10.8 Å². The van der Waals surface area contributed by atoms with E-state index >= 15 is 0 Å². The lowest BCUT2D eigenvalue weighted by atomic mass is 9.96. The van der Waals surface area contributed by atoms with Gasteiger partial charge in [-0.1, -0.05) is 20.8 Å². The number of nitrogens with zero attached hydrogens (tertiary/aromatic N) is 5. The van der Waals surface area contributed by atoms with Crippen LogP contribution in [0.25, 0.3) is 16.9 Å². The van der Waals surface area contributed by atoms with E-state index in [1.807, 2.05) is 26.8 Å². The van der Waals surface area contributed by atoms with Crippen molar-refractivity contribution in [1.29, 1.82) is 5.26 Å². The molecule has 3 heterocycles. The van der Waals surface area contributed by atoms with Crippen molar-refractivity contribution in [1.82, 2.24) is 24.5 Å². The molecular weight excluding hydrogens is 384 g/mol. The number of carbonyl (C=O) groups is 1. The summed E-state index contributed by atoms with van der Waals surface area (Å²) in [4.78, 5) is 29.8. The minimum atomic E-state index is -0.709. The molecule has 1 aliphatic carbocycles. The highest BCUT2D eigenvalue weighted by Gasteiger charge is 2.30. The van der Waals surface area contributed by atoms with E-state index in [0.717, 1.165) is 17.4 Å². The first-order valence-electron chi connectivity index (χ1n) is 9.71. The van der Waals surface area contributed by atoms with Crippen LogP contribution in [0.5, 0.6) is 5.88 Å². The first-order chi connectivity index (χ1) is 14.2. The average molecular weight is 406 g/mol. The largest absolute Gasteiger partial charge is 0.494 e. The molecule has 0 aromatic carbocycles. The second-order valence-corrected chi connectivity index (χ2v) is 8.71. The number of amides is 1. The van der Waals surface area contributed by atoms with E-state index in [4.69, 9.17) is 0 Å². The third kappa shape index (κ3) is 3.52. The van der Waals surface area contributed by atoms with Crippen molar-refractivity contribution in [3.8, 4) is 23.2 Å². The SMILES string of the molecule is CC(C)(C)Cn1c(O)c(C(=O)NC2CC2)c(=O)n2nc(-c3cccnc3C#N)cc12. The van der Waals surface area contributed by atoms with Crippen LogP contribution in [-0.4, -0.2) is 36.2 Å². The summed E-state index contributed by atoms with van der Waals surface area (Å²) < 4.78 is 2.62. The van der Waals surface area contributed by atoms with Crippen molar-refractivity contribution >= 4 is 11.6 Å². The molecule has 9 heteroatoms. The molecule has 2 N–H and O–H groups in total. The molecular formula is C21H22N6O3. The fraction of sp³-hybridized carbons (Fsp3) is 0.381. The zero-order valence-electron chi connectivity index (χ0n) is 17.0. The second kappa shape index (κ2) is 6.99. The number of nitrogens with one attached hydrogen (secondary N) is 1. The predicted molar refractivity (Wildman–Crippen MR) is 109 cm³/mol. The summed E-state index contributed by atoms with van der Waals surface area (Å²) in [5.41, 5.74) is 0.0325. The smallest absolute Gasteiger partial charge is 0.291 e. The normalized spacial score (nSPS) is 13.9. The fourth-order valence-corrected chi connectivity index (χ4v) is 3.30. The number of hydrogen-bond donors (Lipinski definition) is 2. The van der Waals surface area contributed by atoms with Crippen LogP contribution in [-0.2, 0) is 6.54 Å². The number of aromatic nitrogens is 4. The molecule has 9 nitrogen and oxygen atoms in total. The summed E-state index contributed by atoms with van der Waals surface area (Å²) in [6, 6.07) is 7.03. The van der Waals surface area contributed by atoms with Gasteiger partial charge in [0.1, 0.15) is 17.4 Å². The zero-order valence-corrected chi connectivity index (χ0v) is 17.0. The Hall–Kier alpha value is -3.67. The van der Waals surface area contributed by atoms with Crippen LogP contribution in [0, 0.1) is 16.7 Å². The Morgan fingerprint density at radius 1 is 1.40 bits per heavy atom. The Bertz CT molecular complexity index is 1250. The maximum absolute atomic E-state index is 13.1. The van der Waals surface area contributed by atoms with Gasteiger partial charge in [0.05, 0.1) is 5.69 Å². The predicted octanol–water partition coefficient (Wildman–Crippen LogP) is 2.07. The summed E-state index contributed by atoms with van der Waals surface area (Å²) in [6.45, 7) is 6.29. The number of fused-ring (bicyclic) bond motifs is 1. The average Bonchev–Trinajstić information content (AvgIpc) is 3.38. The number of hydrogen-bond acceptors (Lipinski definition) is 6. The molecule has 1 saturated carbocycles. The molecule has 1 aliphatic rings. The molecule has 0 atom stereocenters. The summed E-state index contributed by atoms with van der Waals surface area (Å²) >= 11 is 0. The van der Waals surface area contributed by atoms with Crippen LogP contribution >= 0.6 is 0 Å². The van der Waals surface area contributed by atoms with Crippen molar-refractivity contribution in [2.45, 2.75) is 46.2 Å². The number of pyridine rings is 1. The minimum Gasteiger partial charge on any atom is -0.494 e. The van der Waals surface area contributed by atoms with Gasteiger partial charge in [0, 0.05) is 30.4 Å². The molecule has 4 rings (SSSR count). The lowest BCUT2D eigenvalue weighted by molar-refractivity contribution is 0.0944. The lowest BCUT2D eigenvalue weighted by Crippen LogP contribution is -2.35. The van der Waals surface area contributed by atoms with Crippen LogP contribution < -0.4 is 10.9 Å². The van der Waals surface area contributed by atoms with Gasteiger partial charge in [0.2, 0.25) is 5.88 Å². The van der Waals surface area contributed by atoms with Gasteiger partial charge < -0.3 is 10.4 Å². The van der Waals surface area contributed by atoms with E-state index in [-0.39, 0.29) is 22.7 Å². The summed E-state index contributed by atoms with van der Waals surface area (Å²) in [6.07, 6.45) is 3.21. The molecule has 1 amide bonds. The molecule has 1 fully saturated rings. The molecule has 30 heavy (non-hydrogen) atoms. The van der Waals surface area contributed by atoms with Gasteiger partial charge in [-0.05, 0) is 30.4 Å². The maximum atomic E-state index is 13.1. The topological polar surface area (TPSA) is 125 Å². The molecule has 0 unspecified atom stereocenters. The van der Waals surface area contributed by atoms with E-state index in [2.05, 4.69) is 15.4 Å². The Morgan fingerprint density at radius 3 is 2.77 bits per heavy atom. The fourth-order valence-electron chi connectivity index (χ4n) is 3.30. The summed E-state index contributed by atoms with van der Waals surface area (Å²) in [5, 5.41) is 27.4. The van der Waals surface area contributed by atoms with E-state index in [1.54, 1.807) is 18.2 Å². The van der Waals surface area contributed by atoms with Crippen LogP contribution in [0.3, 0.4) is 0 Å². The van der Waals surface area contributed by atoms with Gasteiger partial charge >= 0.3 is 0 Å². The van der Waals surface area contributed by atoms with E-state index in [9.17, 15) is 20.0 Å². The quantitative estimate of drug-likeness (QED) is 0.683. The highest BCUT2D eigenvalue weighted by atomic mass is 16.3. The number of nitriles is 1. The second-order valence-electron chi connectivity index (χ2n) is 8.71. The summed E-state index contributed by atoms with van der Waals surface area (Å²) in [5.74, 6) is -1.00. The molecule has 0 saturated heterocycles. The van der Waals surface area contributed by atoms with Gasteiger partial charge in [-0.3, -0.25) is 14.2 Å². The Morgan fingerprint density at radius 2 is 2.13 bits per heavy atom. The zero-order chi connectivity index (χ0) is 21.6. The molecule has 0 aliphatic heterocycles. The molecule has 3 aromatic rings. The third-order valence-corrected chi connectivity index (χ3v) is 4.81. The molecule has 3 aromatic heterocycles. The number of rotatable bonds is 4. The third-order valence-electron chi connectivity index (χ3n) is 4.81. The van der Waals surface area contributed by atoms with Crippen LogP contribution in [0.1, 0.15) is 49.7 Å². The molecule has 154 valence electrons. The number of carbonyl (C=O) groups excluding carboxylic acids is 1. The van der Waals surface area contributed by atoms with Crippen molar-refractivity contribution in [3.63, 3.8) is 0 Å². The Labute approximate surface area is 172 Å². The standard InChI is InChI=1S/C21H22N6O3/c1-21(2,3)11-26-16-9-14(13-5-4-8-23-15(13)10-22)25-27(16)20(30)17(19(26)29)18(28)24-12-6-7-12/h4-5,8-9,12,29H,6-7,11H2,1-3H3,(H,24,28). The Kier molecular flexibility index (Phi) is 4.57. The monoisotopic (exact) mass is 406 g/mol. The van der Waals surface area contributed by atoms with Crippen molar-refractivity contribution < 1.29 is 9.90 Å². The van der Waals surface area contributed by atoms with Crippen LogP contribution in [0.4, 0.5) is 0 Å². The van der Waals surface area contributed by atoms with E-state index < -0.39 is 17.3 Å². The summed E-state index contributed by atoms with van der Waals surface area (Å²) in [7, 11) is 0.